The number of hydrogen-bond donors (Lipinski definition) is 0. The molecule has 0 spiro atoms. The van der Waals surface area contributed by atoms with E-state index in [1.54, 1.807) is 18.2 Å². The van der Waals surface area contributed by atoms with Gasteiger partial charge in [0.15, 0.2) is 0 Å². The summed E-state index contributed by atoms with van der Waals surface area (Å²) in [6, 6.07) is 7.95. The number of aromatic nitrogens is 1. The van der Waals surface area contributed by atoms with Gasteiger partial charge in [0.05, 0.1) is 16.4 Å². The minimum Gasteiger partial charge on any atom is -0.349 e. The van der Waals surface area contributed by atoms with Crippen molar-refractivity contribution in [1.82, 2.24) is 9.47 Å². The van der Waals surface area contributed by atoms with Crippen LogP contribution in [0.4, 0.5) is 10.5 Å². The summed E-state index contributed by atoms with van der Waals surface area (Å²) in [4.78, 5) is 36.9. The first-order chi connectivity index (χ1) is 12.8. The summed E-state index contributed by atoms with van der Waals surface area (Å²) in [5.74, 6) is -0.377. The van der Waals surface area contributed by atoms with E-state index < -0.39 is 4.92 Å². The normalized spacial score (nSPS) is 15.8. The molecule has 0 atom stereocenters. The Hall–Kier alpha value is -2.87. The summed E-state index contributed by atoms with van der Waals surface area (Å²) in [5, 5.41) is 10.5. The third kappa shape index (κ3) is 3.66. The second-order valence-electron chi connectivity index (χ2n) is 6.27. The maximum Gasteiger partial charge on any atom is 0.293 e. The van der Waals surface area contributed by atoms with E-state index in [1.165, 1.54) is 12.1 Å². The van der Waals surface area contributed by atoms with Gasteiger partial charge in [-0.1, -0.05) is 12.1 Å². The van der Waals surface area contributed by atoms with Crippen LogP contribution < -0.4 is 0 Å². The number of nitrogens with zero attached hydrogens (tertiary/aromatic N) is 3. The summed E-state index contributed by atoms with van der Waals surface area (Å²) in [5.41, 5.74) is 3.52. The minimum atomic E-state index is -0.499. The van der Waals surface area contributed by atoms with E-state index in [-0.39, 0.29) is 23.4 Å². The number of carbonyl (C=O) groups excluding carboxylic acids is 2. The number of non-ortho nitro benzene ring substituents is 1. The van der Waals surface area contributed by atoms with E-state index in [1.807, 2.05) is 19.9 Å². The molecular weight excluding hydrogens is 366 g/mol. The van der Waals surface area contributed by atoms with Gasteiger partial charge in [0.25, 0.3) is 16.8 Å². The van der Waals surface area contributed by atoms with Gasteiger partial charge in [-0.05, 0) is 55.8 Å². The quantitative estimate of drug-likeness (QED) is 0.436. The van der Waals surface area contributed by atoms with Gasteiger partial charge in [0, 0.05) is 30.1 Å². The number of carbonyl (C=O) groups is 2. The molecule has 1 aliphatic heterocycles. The molecule has 1 saturated heterocycles. The molecule has 2 aromatic rings. The predicted octanol–water partition coefficient (Wildman–Crippen LogP) is 4.27. The maximum absolute atomic E-state index is 12.7. The number of aryl methyl sites for hydroxylation is 1. The fourth-order valence-electron chi connectivity index (χ4n) is 3.19. The molecular formula is C19H19N3O4S. The van der Waals surface area contributed by atoms with Gasteiger partial charge in [-0.2, -0.15) is 0 Å². The minimum absolute atomic E-state index is 0.0116. The molecule has 2 amide bonds. The average Bonchev–Trinajstić information content (AvgIpc) is 3.05. The van der Waals surface area contributed by atoms with Crippen molar-refractivity contribution < 1.29 is 14.5 Å². The molecule has 3 rings (SSSR count). The molecule has 1 aliphatic rings. The smallest absolute Gasteiger partial charge is 0.293 e. The SMILES string of the molecule is CCn1c(C)cc(/C=C2\SC(=O)N(Cc3cccc([N+](=O)[O-])c3)C2=O)c1C. The van der Waals surface area contributed by atoms with Crippen LogP contribution in [0.25, 0.3) is 6.08 Å². The van der Waals surface area contributed by atoms with Crippen LogP contribution in [0.15, 0.2) is 35.2 Å². The summed E-state index contributed by atoms with van der Waals surface area (Å²) in [6.07, 6.45) is 1.74. The Kier molecular flexibility index (Phi) is 5.18. The van der Waals surface area contributed by atoms with E-state index in [0.29, 0.717) is 10.5 Å². The van der Waals surface area contributed by atoms with Crippen LogP contribution in [0.2, 0.25) is 0 Å². The first-order valence-corrected chi connectivity index (χ1v) is 9.29. The number of nitro benzene ring substituents is 1. The lowest BCUT2D eigenvalue weighted by molar-refractivity contribution is -0.384. The molecule has 0 unspecified atom stereocenters. The van der Waals surface area contributed by atoms with Crippen molar-refractivity contribution in [3.05, 3.63) is 67.9 Å². The molecule has 140 valence electrons. The van der Waals surface area contributed by atoms with Crippen LogP contribution in [0, 0.1) is 24.0 Å². The Labute approximate surface area is 160 Å². The molecule has 0 radical (unpaired) electrons. The van der Waals surface area contributed by atoms with Gasteiger partial charge in [-0.25, -0.2) is 0 Å². The van der Waals surface area contributed by atoms with Crippen LogP contribution in [0.1, 0.15) is 29.4 Å². The molecule has 1 aromatic carbocycles. The molecule has 0 aliphatic carbocycles. The Morgan fingerprint density at radius 1 is 1.22 bits per heavy atom. The standard InChI is InChI=1S/C19H19N3O4S/c1-4-20-12(2)8-15(13(20)3)10-17-18(23)21(19(24)27-17)11-14-6-5-7-16(9-14)22(25)26/h5-10H,4,11H2,1-3H3/b17-10-. The molecule has 7 nitrogen and oxygen atoms in total. The van der Waals surface area contributed by atoms with Crippen LogP contribution in [-0.2, 0) is 17.9 Å². The molecule has 27 heavy (non-hydrogen) atoms. The highest BCUT2D eigenvalue weighted by Crippen LogP contribution is 2.34. The molecule has 8 heteroatoms. The summed E-state index contributed by atoms with van der Waals surface area (Å²) >= 11 is 0.893. The van der Waals surface area contributed by atoms with E-state index in [0.717, 1.165) is 40.2 Å². The second kappa shape index (κ2) is 7.40. The zero-order valence-corrected chi connectivity index (χ0v) is 16.1. The van der Waals surface area contributed by atoms with Crippen molar-refractivity contribution in [3.63, 3.8) is 0 Å². The topological polar surface area (TPSA) is 85.4 Å². The fraction of sp³-hybridized carbons (Fsp3) is 0.263. The first kappa shape index (κ1) is 18.9. The average molecular weight is 385 g/mol. The number of nitro groups is 1. The third-order valence-electron chi connectivity index (χ3n) is 4.55. The zero-order chi connectivity index (χ0) is 19.7. The largest absolute Gasteiger partial charge is 0.349 e. The molecule has 1 fully saturated rings. The van der Waals surface area contributed by atoms with Gasteiger partial charge in [0.2, 0.25) is 0 Å². The predicted molar refractivity (Wildman–Crippen MR) is 104 cm³/mol. The monoisotopic (exact) mass is 385 g/mol. The Morgan fingerprint density at radius 2 is 1.96 bits per heavy atom. The van der Waals surface area contributed by atoms with Crippen molar-refractivity contribution in [2.45, 2.75) is 33.9 Å². The van der Waals surface area contributed by atoms with E-state index in [4.69, 9.17) is 0 Å². The lowest BCUT2D eigenvalue weighted by Crippen LogP contribution is -2.27. The third-order valence-corrected chi connectivity index (χ3v) is 5.46. The van der Waals surface area contributed by atoms with Crippen molar-refractivity contribution in [2.24, 2.45) is 0 Å². The van der Waals surface area contributed by atoms with Crippen LogP contribution in [-0.4, -0.2) is 25.5 Å². The van der Waals surface area contributed by atoms with Crippen molar-refractivity contribution in [2.75, 3.05) is 0 Å². The second-order valence-corrected chi connectivity index (χ2v) is 7.26. The Balaban J connectivity index is 1.85. The van der Waals surface area contributed by atoms with Crippen molar-refractivity contribution in [3.8, 4) is 0 Å². The van der Waals surface area contributed by atoms with Gasteiger partial charge >= 0.3 is 0 Å². The van der Waals surface area contributed by atoms with Gasteiger partial charge in [-0.15, -0.1) is 0 Å². The Bertz CT molecular complexity index is 977. The number of rotatable bonds is 5. The van der Waals surface area contributed by atoms with Gasteiger partial charge in [0.1, 0.15) is 0 Å². The summed E-state index contributed by atoms with van der Waals surface area (Å²) in [7, 11) is 0. The van der Waals surface area contributed by atoms with Gasteiger partial charge < -0.3 is 4.57 Å². The van der Waals surface area contributed by atoms with E-state index in [2.05, 4.69) is 11.5 Å². The molecule has 0 N–H and O–H groups in total. The Morgan fingerprint density at radius 3 is 2.59 bits per heavy atom. The van der Waals surface area contributed by atoms with Crippen LogP contribution in [0.5, 0.6) is 0 Å². The van der Waals surface area contributed by atoms with E-state index >= 15 is 0 Å². The zero-order valence-electron chi connectivity index (χ0n) is 15.3. The number of benzene rings is 1. The van der Waals surface area contributed by atoms with Gasteiger partial charge in [-0.3, -0.25) is 24.6 Å². The van der Waals surface area contributed by atoms with E-state index in [9.17, 15) is 19.7 Å². The lowest BCUT2D eigenvalue weighted by Gasteiger charge is -2.12. The summed E-state index contributed by atoms with van der Waals surface area (Å²) < 4.78 is 2.14. The molecule has 2 heterocycles. The highest BCUT2D eigenvalue weighted by atomic mass is 32.2. The summed E-state index contributed by atoms with van der Waals surface area (Å²) in [6.45, 7) is 6.88. The molecule has 1 aromatic heterocycles. The van der Waals surface area contributed by atoms with Crippen LogP contribution in [0.3, 0.4) is 0 Å². The maximum atomic E-state index is 12.7. The van der Waals surface area contributed by atoms with Crippen molar-refractivity contribution in [1.29, 1.82) is 0 Å². The highest BCUT2D eigenvalue weighted by Gasteiger charge is 2.35. The molecule has 0 saturated carbocycles. The lowest BCUT2D eigenvalue weighted by atomic mass is 10.2. The number of imide groups is 1. The first-order valence-electron chi connectivity index (χ1n) is 8.47. The fourth-order valence-corrected chi connectivity index (χ4v) is 4.02. The number of amides is 2. The van der Waals surface area contributed by atoms with Crippen molar-refractivity contribution >= 4 is 34.7 Å². The number of hydrogen-bond acceptors (Lipinski definition) is 5. The molecule has 0 bridgehead atoms. The number of thioether (sulfide) groups is 1. The van der Waals surface area contributed by atoms with Crippen LogP contribution >= 0.6 is 11.8 Å². The highest BCUT2D eigenvalue weighted by molar-refractivity contribution is 8.18.